The molecule has 0 atom stereocenters. The minimum Gasteiger partial charge on any atom is -0.292 e. The van der Waals surface area contributed by atoms with Crippen LogP contribution in [0.3, 0.4) is 0 Å². The molecule has 0 aliphatic rings. The zero-order valence-electron chi connectivity index (χ0n) is 2.85. The Balaban J connectivity index is 3.40. The molecular formula is C2BFN2. The molecular weight excluding hydrogens is 81.8 g/mol. The van der Waals surface area contributed by atoms with Crippen LogP contribution in [0.15, 0.2) is 0 Å². The monoisotopic (exact) mass is 82.0 g/mol. The molecule has 0 aromatic heterocycles. The molecule has 0 fully saturated rings. The summed E-state index contributed by atoms with van der Waals surface area (Å²) in [5.41, 5.74) is 0. The van der Waals surface area contributed by atoms with Gasteiger partial charge in [-0.25, -0.2) is 10.5 Å². The zero-order valence-corrected chi connectivity index (χ0v) is 2.85. The number of rotatable bonds is 0. The lowest BCUT2D eigenvalue weighted by Gasteiger charge is -1.60. The van der Waals surface area contributed by atoms with Crippen molar-refractivity contribution in [1.29, 1.82) is 10.5 Å². The molecule has 0 N–H and O–H groups in total. The molecule has 4 heteroatoms. The molecule has 0 aromatic carbocycles. The summed E-state index contributed by atoms with van der Waals surface area (Å²) in [6, 6.07) is 0. The zero-order chi connectivity index (χ0) is 4.99. The molecule has 0 bridgehead atoms. The average Bonchev–Trinajstić information content (AvgIpc) is 1.65. The number of nitriles is 2. The van der Waals surface area contributed by atoms with E-state index in [1.165, 1.54) is 0 Å². The van der Waals surface area contributed by atoms with Crippen molar-refractivity contribution in [2.45, 2.75) is 0 Å². The Morgan fingerprint density at radius 1 is 1.33 bits per heavy atom. The molecule has 0 aliphatic heterocycles. The van der Waals surface area contributed by atoms with E-state index in [0.717, 1.165) is 11.9 Å². The molecule has 0 radical (unpaired) electrons. The summed E-state index contributed by atoms with van der Waals surface area (Å²) >= 11 is 0. The van der Waals surface area contributed by atoms with Crippen LogP contribution in [0.2, 0.25) is 0 Å². The highest BCUT2D eigenvalue weighted by atomic mass is 19.1. The lowest BCUT2D eigenvalue weighted by atomic mass is 9.78. The Morgan fingerprint density at radius 3 is 1.67 bits per heavy atom. The second-order valence-electron chi connectivity index (χ2n) is 0.621. The van der Waals surface area contributed by atoms with Crippen LogP contribution in [0.5, 0.6) is 0 Å². The highest BCUT2D eigenvalue weighted by Gasteiger charge is 2.07. The molecule has 2 nitrogen and oxygen atoms in total. The molecule has 0 unspecified atom stereocenters. The maximum absolute atomic E-state index is 11.1. The van der Waals surface area contributed by atoms with E-state index in [-0.39, 0.29) is 0 Å². The first-order chi connectivity index (χ1) is 2.81. The first kappa shape index (κ1) is 4.97. The topological polar surface area (TPSA) is 47.6 Å². The van der Waals surface area contributed by atoms with Crippen molar-refractivity contribution in [2.75, 3.05) is 0 Å². The molecule has 6 heavy (non-hydrogen) atoms. The maximum atomic E-state index is 11.1. The Hall–Kier alpha value is -1.03. The first-order valence-electron chi connectivity index (χ1n) is 1.24. The lowest BCUT2D eigenvalue weighted by molar-refractivity contribution is 0.866. The highest BCUT2D eigenvalue weighted by molar-refractivity contribution is 6.67. The van der Waals surface area contributed by atoms with Crippen molar-refractivity contribution in [3.63, 3.8) is 0 Å². The van der Waals surface area contributed by atoms with Gasteiger partial charge in [-0.05, 0) is 0 Å². The number of hydrogen-bond donors (Lipinski definition) is 0. The summed E-state index contributed by atoms with van der Waals surface area (Å²) in [7, 11) is 0. The number of nitrogens with zero attached hydrogens (tertiary/aromatic N) is 2. The fourth-order valence-electron chi connectivity index (χ4n) is 0.0289. The van der Waals surface area contributed by atoms with E-state index < -0.39 is 6.99 Å². The first-order valence-corrected chi connectivity index (χ1v) is 1.24. The molecule has 0 heterocycles. The highest BCUT2D eigenvalue weighted by Crippen LogP contribution is 1.71. The Bertz CT molecular complexity index is 95.7. The van der Waals surface area contributed by atoms with Crippen molar-refractivity contribution in [3.05, 3.63) is 0 Å². The normalized spacial score (nSPS) is 5.17. The van der Waals surface area contributed by atoms with Gasteiger partial charge in [0.1, 0.15) is 0 Å². The summed E-state index contributed by atoms with van der Waals surface area (Å²) in [5.74, 6) is 2.17. The third-order valence-corrected chi connectivity index (χ3v) is 0.227. The molecule has 28 valence electrons. The van der Waals surface area contributed by atoms with E-state index in [1.807, 2.05) is 0 Å². The van der Waals surface area contributed by atoms with E-state index >= 15 is 0 Å². The number of hydrogen-bond acceptors (Lipinski definition) is 2. The van der Waals surface area contributed by atoms with Gasteiger partial charge in [0.15, 0.2) is 0 Å². The van der Waals surface area contributed by atoms with E-state index in [9.17, 15) is 4.32 Å². The summed E-state index contributed by atoms with van der Waals surface area (Å²) < 4.78 is 11.1. The van der Waals surface area contributed by atoms with Crippen LogP contribution in [0.4, 0.5) is 4.32 Å². The van der Waals surface area contributed by atoms with Crippen LogP contribution in [-0.2, 0) is 0 Å². The summed E-state index contributed by atoms with van der Waals surface area (Å²) in [5, 5.41) is 15.0. The van der Waals surface area contributed by atoms with Crippen LogP contribution in [-0.4, -0.2) is 6.99 Å². The van der Waals surface area contributed by atoms with Crippen LogP contribution < -0.4 is 0 Å². The van der Waals surface area contributed by atoms with Crippen LogP contribution in [0, 0.1) is 22.5 Å². The fraction of sp³-hybridized carbons (Fsp3) is 0. The minimum absolute atomic E-state index is 1.09. The van der Waals surface area contributed by atoms with E-state index in [0.29, 0.717) is 0 Å². The fourth-order valence-corrected chi connectivity index (χ4v) is 0.0289. The second kappa shape index (κ2) is 2.23. The maximum Gasteiger partial charge on any atom is 0.567 e. The summed E-state index contributed by atoms with van der Waals surface area (Å²) in [6.45, 7) is -1.95. The summed E-state index contributed by atoms with van der Waals surface area (Å²) in [6.07, 6.45) is 0. The molecule has 0 spiro atoms. The standard InChI is InChI=1S/C2BFN2/c4-3(1-5)2-6. The van der Waals surface area contributed by atoms with E-state index in [1.54, 1.807) is 0 Å². The van der Waals surface area contributed by atoms with E-state index in [4.69, 9.17) is 10.5 Å². The van der Waals surface area contributed by atoms with Crippen LogP contribution in [0.1, 0.15) is 0 Å². The van der Waals surface area contributed by atoms with Gasteiger partial charge < -0.3 is 0 Å². The molecule has 0 saturated carbocycles. The van der Waals surface area contributed by atoms with Gasteiger partial charge >= 0.3 is 6.99 Å². The molecule has 0 saturated heterocycles. The largest absolute Gasteiger partial charge is 0.567 e. The third-order valence-electron chi connectivity index (χ3n) is 0.227. The van der Waals surface area contributed by atoms with Crippen molar-refractivity contribution >= 4 is 6.99 Å². The lowest BCUT2D eigenvalue weighted by Crippen LogP contribution is -1.94. The van der Waals surface area contributed by atoms with Gasteiger partial charge in [0.05, 0.1) is 11.9 Å². The van der Waals surface area contributed by atoms with Gasteiger partial charge in [0.25, 0.3) is 0 Å². The Morgan fingerprint density at radius 2 is 1.67 bits per heavy atom. The van der Waals surface area contributed by atoms with Crippen LogP contribution >= 0.6 is 0 Å². The number of halogens is 1. The van der Waals surface area contributed by atoms with Crippen molar-refractivity contribution in [3.8, 4) is 11.9 Å². The van der Waals surface area contributed by atoms with Crippen LogP contribution in [0.25, 0.3) is 0 Å². The Labute approximate surface area is 34.9 Å². The van der Waals surface area contributed by atoms with Gasteiger partial charge in [0, 0.05) is 0 Å². The van der Waals surface area contributed by atoms with Gasteiger partial charge in [-0.15, -0.1) is 0 Å². The minimum atomic E-state index is -1.95. The third kappa shape index (κ3) is 1.31. The second-order valence-corrected chi connectivity index (χ2v) is 0.621. The predicted octanol–water partition coefficient (Wildman–Crippen LogP) is 0.0730. The molecule has 0 amide bonds. The van der Waals surface area contributed by atoms with Crippen molar-refractivity contribution in [2.24, 2.45) is 0 Å². The quantitative estimate of drug-likeness (QED) is 0.388. The Kier molecular flexibility index (Phi) is 1.85. The van der Waals surface area contributed by atoms with Gasteiger partial charge in [0.2, 0.25) is 0 Å². The molecule has 0 aromatic rings. The smallest absolute Gasteiger partial charge is 0.292 e. The van der Waals surface area contributed by atoms with Crippen molar-refractivity contribution in [1.82, 2.24) is 0 Å². The van der Waals surface area contributed by atoms with E-state index in [2.05, 4.69) is 0 Å². The molecule has 0 rings (SSSR count). The van der Waals surface area contributed by atoms with Gasteiger partial charge in [-0.3, -0.25) is 4.32 Å². The van der Waals surface area contributed by atoms with Gasteiger partial charge in [-0.1, -0.05) is 0 Å². The van der Waals surface area contributed by atoms with Gasteiger partial charge in [-0.2, -0.15) is 0 Å². The van der Waals surface area contributed by atoms with Crippen molar-refractivity contribution < 1.29 is 4.32 Å². The average molecular weight is 81.8 g/mol. The molecule has 0 aliphatic carbocycles. The summed E-state index contributed by atoms with van der Waals surface area (Å²) in [4.78, 5) is 0. The SMILES string of the molecule is N#CB(F)C#N. The predicted molar refractivity (Wildman–Crippen MR) is 18.1 cm³/mol.